The van der Waals surface area contributed by atoms with Crippen molar-refractivity contribution >= 4 is 50.7 Å². The summed E-state index contributed by atoms with van der Waals surface area (Å²) >= 11 is 12.2. The fraction of sp³-hybridized carbons (Fsp3) is 0.440. The summed E-state index contributed by atoms with van der Waals surface area (Å²) in [4.78, 5) is 28.2. The number of benzene rings is 2. The average molecular weight is 543 g/mol. The lowest BCUT2D eigenvalue weighted by molar-refractivity contribution is -0.141. The zero-order chi connectivity index (χ0) is 26.6. The number of carbonyl (C=O) groups is 2. The van der Waals surface area contributed by atoms with Crippen molar-refractivity contribution in [2.24, 2.45) is 0 Å². The lowest BCUT2D eigenvalue weighted by Gasteiger charge is -2.34. The standard InChI is InChI=1S/C25H33Cl2N3O4S/c1-7-22(24(32)28-25(3,4)5)29(15-18-9-11-19(26)12-10-18)23(31)16-30(35(6,33)34)20-13-8-17(2)21(27)14-20/h8-14,22H,7,15-16H2,1-6H3,(H,28,32)/t22-/m1/s1. The number of amides is 2. The first-order chi connectivity index (χ1) is 16.1. The van der Waals surface area contributed by atoms with Gasteiger partial charge in [-0.05, 0) is 69.5 Å². The number of halogens is 2. The van der Waals surface area contributed by atoms with Gasteiger partial charge in [-0.1, -0.05) is 48.3 Å². The maximum atomic E-state index is 13.6. The second-order valence-electron chi connectivity index (χ2n) is 9.51. The first-order valence-corrected chi connectivity index (χ1v) is 13.8. The molecule has 1 N–H and O–H groups in total. The summed E-state index contributed by atoms with van der Waals surface area (Å²) in [6.45, 7) is 8.81. The minimum Gasteiger partial charge on any atom is -0.350 e. The molecule has 0 unspecified atom stereocenters. The van der Waals surface area contributed by atoms with Crippen molar-refractivity contribution in [2.45, 2.75) is 59.2 Å². The highest BCUT2D eigenvalue weighted by atomic mass is 35.5. The molecule has 0 aromatic heterocycles. The molecule has 2 amide bonds. The van der Waals surface area contributed by atoms with Crippen LogP contribution < -0.4 is 9.62 Å². The van der Waals surface area contributed by atoms with Gasteiger partial charge in [0.25, 0.3) is 0 Å². The molecule has 0 radical (unpaired) electrons. The van der Waals surface area contributed by atoms with Crippen LogP contribution >= 0.6 is 23.2 Å². The molecule has 2 aromatic carbocycles. The zero-order valence-electron chi connectivity index (χ0n) is 20.9. The van der Waals surface area contributed by atoms with Gasteiger partial charge in [-0.2, -0.15) is 0 Å². The van der Waals surface area contributed by atoms with Crippen LogP contribution in [0.3, 0.4) is 0 Å². The van der Waals surface area contributed by atoms with E-state index < -0.39 is 34.1 Å². The van der Waals surface area contributed by atoms with Crippen LogP contribution in [0.4, 0.5) is 5.69 Å². The second kappa shape index (κ2) is 11.6. The highest BCUT2D eigenvalue weighted by Gasteiger charge is 2.33. The van der Waals surface area contributed by atoms with Crippen LogP contribution in [0, 0.1) is 6.92 Å². The molecule has 0 aliphatic heterocycles. The van der Waals surface area contributed by atoms with E-state index in [4.69, 9.17) is 23.2 Å². The van der Waals surface area contributed by atoms with E-state index in [-0.39, 0.29) is 18.1 Å². The summed E-state index contributed by atoms with van der Waals surface area (Å²) in [5, 5.41) is 3.86. The van der Waals surface area contributed by atoms with E-state index in [1.54, 1.807) is 43.3 Å². The van der Waals surface area contributed by atoms with Crippen molar-refractivity contribution in [2.75, 3.05) is 17.1 Å². The molecular weight excluding hydrogens is 509 g/mol. The van der Waals surface area contributed by atoms with Gasteiger partial charge in [0, 0.05) is 22.1 Å². The van der Waals surface area contributed by atoms with E-state index in [0.717, 1.165) is 21.7 Å². The molecule has 35 heavy (non-hydrogen) atoms. The molecule has 2 aromatic rings. The summed E-state index contributed by atoms with van der Waals surface area (Å²) in [6.07, 6.45) is 1.37. The Hall–Kier alpha value is -2.29. The quantitative estimate of drug-likeness (QED) is 0.494. The van der Waals surface area contributed by atoms with Gasteiger partial charge in [0.15, 0.2) is 0 Å². The SMILES string of the molecule is CC[C@H](C(=O)NC(C)(C)C)N(Cc1ccc(Cl)cc1)C(=O)CN(c1ccc(C)c(Cl)c1)S(C)(=O)=O. The van der Waals surface area contributed by atoms with Gasteiger partial charge in [0.1, 0.15) is 12.6 Å². The maximum Gasteiger partial charge on any atom is 0.244 e. The van der Waals surface area contributed by atoms with Crippen molar-refractivity contribution < 1.29 is 18.0 Å². The number of anilines is 1. The fourth-order valence-corrected chi connectivity index (χ4v) is 4.65. The van der Waals surface area contributed by atoms with Crippen LogP contribution in [0.15, 0.2) is 42.5 Å². The molecule has 10 heteroatoms. The van der Waals surface area contributed by atoms with E-state index in [1.807, 2.05) is 27.7 Å². The van der Waals surface area contributed by atoms with Gasteiger partial charge in [-0.25, -0.2) is 8.42 Å². The molecule has 0 heterocycles. The highest BCUT2D eigenvalue weighted by Crippen LogP contribution is 2.25. The molecule has 0 saturated heterocycles. The number of carbonyl (C=O) groups excluding carboxylic acids is 2. The monoisotopic (exact) mass is 541 g/mol. The summed E-state index contributed by atoms with van der Waals surface area (Å²) in [5.41, 5.74) is 1.31. The Morgan fingerprint density at radius 2 is 1.66 bits per heavy atom. The summed E-state index contributed by atoms with van der Waals surface area (Å²) < 4.78 is 26.3. The Morgan fingerprint density at radius 1 is 1.06 bits per heavy atom. The Morgan fingerprint density at radius 3 is 2.14 bits per heavy atom. The molecule has 2 rings (SSSR count). The van der Waals surface area contributed by atoms with Gasteiger partial charge < -0.3 is 10.2 Å². The van der Waals surface area contributed by atoms with Crippen LogP contribution in [-0.2, 0) is 26.2 Å². The average Bonchev–Trinajstić information content (AvgIpc) is 2.73. The lowest BCUT2D eigenvalue weighted by Crippen LogP contribution is -2.55. The van der Waals surface area contributed by atoms with Gasteiger partial charge in [0.05, 0.1) is 11.9 Å². The molecule has 0 aliphatic rings. The summed E-state index contributed by atoms with van der Waals surface area (Å²) in [7, 11) is -3.83. The topological polar surface area (TPSA) is 86.8 Å². The van der Waals surface area contributed by atoms with Gasteiger partial charge in [-0.15, -0.1) is 0 Å². The molecule has 1 atom stereocenters. The third-order valence-corrected chi connectivity index (χ3v) is 7.07. The van der Waals surface area contributed by atoms with E-state index in [1.165, 1.54) is 11.0 Å². The third-order valence-electron chi connectivity index (χ3n) is 5.27. The molecule has 0 spiro atoms. The fourth-order valence-electron chi connectivity index (χ4n) is 3.51. The maximum absolute atomic E-state index is 13.6. The normalized spacial score (nSPS) is 12.7. The number of nitrogens with one attached hydrogen (secondary N) is 1. The van der Waals surface area contributed by atoms with Crippen molar-refractivity contribution in [1.82, 2.24) is 10.2 Å². The molecule has 0 fully saturated rings. The van der Waals surface area contributed by atoms with Crippen molar-refractivity contribution in [3.63, 3.8) is 0 Å². The Balaban J connectivity index is 2.47. The van der Waals surface area contributed by atoms with Crippen LogP contribution in [0.2, 0.25) is 10.0 Å². The first-order valence-electron chi connectivity index (χ1n) is 11.2. The van der Waals surface area contributed by atoms with Crippen molar-refractivity contribution in [3.8, 4) is 0 Å². The number of hydrogen-bond acceptors (Lipinski definition) is 4. The molecule has 7 nitrogen and oxygen atoms in total. The van der Waals surface area contributed by atoms with E-state index in [9.17, 15) is 18.0 Å². The number of sulfonamides is 1. The smallest absolute Gasteiger partial charge is 0.244 e. The Labute approximate surface area is 218 Å². The van der Waals surface area contributed by atoms with Crippen LogP contribution in [-0.4, -0.2) is 49.5 Å². The van der Waals surface area contributed by atoms with Crippen LogP contribution in [0.25, 0.3) is 0 Å². The van der Waals surface area contributed by atoms with Gasteiger partial charge in [0.2, 0.25) is 21.8 Å². The largest absolute Gasteiger partial charge is 0.350 e. The van der Waals surface area contributed by atoms with E-state index in [2.05, 4.69) is 5.32 Å². The van der Waals surface area contributed by atoms with Gasteiger partial charge in [-0.3, -0.25) is 13.9 Å². The van der Waals surface area contributed by atoms with Gasteiger partial charge >= 0.3 is 0 Å². The molecule has 0 aliphatic carbocycles. The second-order valence-corrected chi connectivity index (χ2v) is 12.3. The number of aryl methyl sites for hydroxylation is 1. The molecule has 192 valence electrons. The minimum atomic E-state index is -3.83. The molecular formula is C25H33Cl2N3O4S. The lowest BCUT2D eigenvalue weighted by atomic mass is 10.1. The Bertz CT molecular complexity index is 1160. The number of rotatable bonds is 9. The zero-order valence-corrected chi connectivity index (χ0v) is 23.3. The van der Waals surface area contributed by atoms with Crippen LogP contribution in [0.1, 0.15) is 45.2 Å². The minimum absolute atomic E-state index is 0.109. The predicted molar refractivity (Wildman–Crippen MR) is 142 cm³/mol. The van der Waals surface area contributed by atoms with Crippen LogP contribution in [0.5, 0.6) is 0 Å². The number of hydrogen-bond donors (Lipinski definition) is 1. The predicted octanol–water partition coefficient (Wildman–Crippen LogP) is 4.79. The van der Waals surface area contributed by atoms with E-state index in [0.29, 0.717) is 16.5 Å². The number of nitrogens with zero attached hydrogens (tertiary/aromatic N) is 2. The third kappa shape index (κ3) is 8.40. The Kier molecular flexibility index (Phi) is 9.62. The van der Waals surface area contributed by atoms with Crippen molar-refractivity contribution in [3.05, 3.63) is 63.6 Å². The molecule has 0 bridgehead atoms. The summed E-state index contributed by atoms with van der Waals surface area (Å²) in [6, 6.07) is 10.9. The van der Waals surface area contributed by atoms with Crippen molar-refractivity contribution in [1.29, 1.82) is 0 Å². The highest BCUT2D eigenvalue weighted by molar-refractivity contribution is 7.92. The first kappa shape index (κ1) is 28.9. The molecule has 0 saturated carbocycles. The summed E-state index contributed by atoms with van der Waals surface area (Å²) in [5.74, 6) is -0.829. The van der Waals surface area contributed by atoms with E-state index >= 15 is 0 Å².